The molecule has 12 heavy (non-hydrogen) atoms. The molecule has 1 aliphatic heterocycles. The summed E-state index contributed by atoms with van der Waals surface area (Å²) in [5.74, 6) is -0.318. The molecule has 0 fully saturated rings. The first-order chi connectivity index (χ1) is 5.86. The van der Waals surface area contributed by atoms with Gasteiger partial charge in [-0.2, -0.15) is 0 Å². The van der Waals surface area contributed by atoms with Crippen LogP contribution in [0.1, 0.15) is 5.69 Å². The Labute approximate surface area is 69.5 Å². The summed E-state index contributed by atoms with van der Waals surface area (Å²) in [5.41, 5.74) is 1.56. The minimum atomic E-state index is -0.318. The van der Waals surface area contributed by atoms with Crippen LogP contribution in [0, 0.1) is 5.82 Å². The first kappa shape index (κ1) is 7.16. The van der Waals surface area contributed by atoms with E-state index in [-0.39, 0.29) is 5.82 Å². The lowest BCUT2D eigenvalue weighted by atomic mass is 10.2. The van der Waals surface area contributed by atoms with Gasteiger partial charge in [-0.25, -0.2) is 4.39 Å². The van der Waals surface area contributed by atoms with Crippen LogP contribution < -0.4 is 0 Å². The molecule has 0 amide bonds. The zero-order valence-electron chi connectivity index (χ0n) is 6.37. The number of hydrogen-bond donors (Lipinski definition) is 0. The molecule has 2 nitrogen and oxygen atoms in total. The zero-order valence-corrected chi connectivity index (χ0v) is 6.37. The van der Waals surface area contributed by atoms with E-state index >= 15 is 0 Å². The maximum atomic E-state index is 12.5. The summed E-state index contributed by atoms with van der Waals surface area (Å²) >= 11 is 0. The molecule has 0 atom stereocenters. The quantitative estimate of drug-likeness (QED) is 0.615. The van der Waals surface area contributed by atoms with Crippen LogP contribution in [0.15, 0.2) is 35.5 Å². The van der Waals surface area contributed by atoms with E-state index in [0.29, 0.717) is 6.54 Å². The van der Waals surface area contributed by atoms with Gasteiger partial charge >= 0.3 is 0 Å². The third kappa shape index (κ3) is 1.25. The Hall–Kier alpha value is -1.51. The molecule has 2 rings (SSSR count). The van der Waals surface area contributed by atoms with Crippen molar-refractivity contribution < 1.29 is 4.39 Å². The van der Waals surface area contributed by atoms with E-state index in [1.165, 1.54) is 12.3 Å². The summed E-state index contributed by atoms with van der Waals surface area (Å²) in [6.45, 7) is 0.703. The number of allylic oxidation sites excluding steroid dienone is 1. The maximum Gasteiger partial charge on any atom is 0.141 e. The molecule has 0 radical (unpaired) electrons. The fourth-order valence-corrected chi connectivity index (χ4v) is 1.06. The molecule has 0 N–H and O–H groups in total. The number of aliphatic imine (C=N–C) groups is 1. The molecular formula is C9H7FN2. The van der Waals surface area contributed by atoms with E-state index in [4.69, 9.17) is 0 Å². The summed E-state index contributed by atoms with van der Waals surface area (Å²) in [6, 6.07) is 3.01. The van der Waals surface area contributed by atoms with Gasteiger partial charge in [-0.15, -0.1) is 0 Å². The zero-order chi connectivity index (χ0) is 8.39. The summed E-state index contributed by atoms with van der Waals surface area (Å²) in [4.78, 5) is 8.06. The van der Waals surface area contributed by atoms with Crippen LogP contribution >= 0.6 is 0 Å². The van der Waals surface area contributed by atoms with E-state index < -0.39 is 0 Å². The highest BCUT2D eigenvalue weighted by Crippen LogP contribution is 2.04. The van der Waals surface area contributed by atoms with Gasteiger partial charge in [-0.1, -0.05) is 6.08 Å². The Balaban J connectivity index is 2.35. The molecule has 3 heteroatoms. The van der Waals surface area contributed by atoms with Crippen LogP contribution in [0.25, 0.3) is 0 Å². The van der Waals surface area contributed by atoms with Gasteiger partial charge in [0, 0.05) is 0 Å². The Kier molecular flexibility index (Phi) is 1.70. The number of aromatic nitrogens is 1. The Morgan fingerprint density at radius 1 is 1.33 bits per heavy atom. The monoisotopic (exact) mass is 162 g/mol. The molecule has 0 aliphatic carbocycles. The molecule has 0 unspecified atom stereocenters. The van der Waals surface area contributed by atoms with E-state index in [1.54, 1.807) is 6.07 Å². The molecular weight excluding hydrogens is 155 g/mol. The van der Waals surface area contributed by atoms with Crippen molar-refractivity contribution in [3.63, 3.8) is 0 Å². The van der Waals surface area contributed by atoms with Gasteiger partial charge in [0.2, 0.25) is 0 Å². The third-order valence-electron chi connectivity index (χ3n) is 1.63. The van der Waals surface area contributed by atoms with Gasteiger partial charge < -0.3 is 0 Å². The summed E-state index contributed by atoms with van der Waals surface area (Å²) in [6.07, 6.45) is 5.03. The lowest BCUT2D eigenvalue weighted by Gasteiger charge is -1.95. The average Bonchev–Trinajstić information content (AvgIpc) is 2.58. The summed E-state index contributed by atoms with van der Waals surface area (Å²) in [7, 11) is 0. The van der Waals surface area contributed by atoms with Crippen LogP contribution in [0.2, 0.25) is 0 Å². The average molecular weight is 162 g/mol. The van der Waals surface area contributed by atoms with Crippen LogP contribution in [0.3, 0.4) is 0 Å². The molecule has 1 aliphatic rings. The summed E-state index contributed by atoms with van der Waals surface area (Å²) in [5, 5.41) is 0. The van der Waals surface area contributed by atoms with Crippen LogP contribution in [0.5, 0.6) is 0 Å². The van der Waals surface area contributed by atoms with Gasteiger partial charge in [-0.3, -0.25) is 9.98 Å². The van der Waals surface area contributed by atoms with Crippen LogP contribution in [-0.2, 0) is 0 Å². The van der Waals surface area contributed by atoms with Crippen molar-refractivity contribution >= 4 is 5.71 Å². The Morgan fingerprint density at radius 2 is 2.25 bits per heavy atom. The minimum Gasteiger partial charge on any atom is -0.279 e. The fraction of sp³-hybridized carbons (Fsp3) is 0.111. The number of pyridine rings is 1. The first-order valence-corrected chi connectivity index (χ1v) is 3.69. The number of hydrogen-bond acceptors (Lipinski definition) is 2. The molecule has 0 saturated heterocycles. The van der Waals surface area contributed by atoms with Crippen molar-refractivity contribution in [3.05, 3.63) is 42.0 Å². The molecule has 2 heterocycles. The standard InChI is InChI=1S/C9H7FN2/c10-7-3-4-9(12-6-7)8-2-1-5-11-8/h1-4,6H,5H2. The van der Waals surface area contributed by atoms with Crippen molar-refractivity contribution in [3.8, 4) is 0 Å². The molecule has 0 aromatic carbocycles. The largest absolute Gasteiger partial charge is 0.279 e. The molecule has 0 spiro atoms. The van der Waals surface area contributed by atoms with Gasteiger partial charge in [0.05, 0.1) is 24.1 Å². The van der Waals surface area contributed by atoms with Crippen LogP contribution in [0.4, 0.5) is 4.39 Å². The van der Waals surface area contributed by atoms with Gasteiger partial charge in [0.1, 0.15) is 5.82 Å². The second kappa shape index (κ2) is 2.85. The van der Waals surface area contributed by atoms with Crippen molar-refractivity contribution in [2.45, 2.75) is 0 Å². The van der Waals surface area contributed by atoms with E-state index in [1.807, 2.05) is 12.2 Å². The fourth-order valence-electron chi connectivity index (χ4n) is 1.06. The van der Waals surface area contributed by atoms with Gasteiger partial charge in [-0.05, 0) is 18.2 Å². The highest BCUT2D eigenvalue weighted by atomic mass is 19.1. The smallest absolute Gasteiger partial charge is 0.141 e. The van der Waals surface area contributed by atoms with Crippen LogP contribution in [-0.4, -0.2) is 17.2 Å². The molecule has 1 aromatic heterocycles. The SMILES string of the molecule is Fc1ccc(C2=NCC=C2)nc1. The second-order valence-corrected chi connectivity index (χ2v) is 2.49. The van der Waals surface area contributed by atoms with Crippen molar-refractivity contribution in [2.75, 3.05) is 6.54 Å². The first-order valence-electron chi connectivity index (χ1n) is 3.69. The number of halogens is 1. The highest BCUT2D eigenvalue weighted by Gasteiger charge is 2.03. The van der Waals surface area contributed by atoms with Crippen molar-refractivity contribution in [1.29, 1.82) is 0 Å². The van der Waals surface area contributed by atoms with Gasteiger partial charge in [0.15, 0.2) is 0 Å². The lowest BCUT2D eigenvalue weighted by Crippen LogP contribution is -1.97. The Morgan fingerprint density at radius 3 is 2.83 bits per heavy atom. The van der Waals surface area contributed by atoms with Gasteiger partial charge in [0.25, 0.3) is 0 Å². The van der Waals surface area contributed by atoms with E-state index in [0.717, 1.165) is 11.4 Å². The van der Waals surface area contributed by atoms with E-state index in [2.05, 4.69) is 9.98 Å². The normalized spacial score (nSPS) is 14.9. The number of rotatable bonds is 1. The Bertz CT molecular complexity index is 338. The predicted octanol–water partition coefficient (Wildman–Crippen LogP) is 1.58. The summed E-state index contributed by atoms with van der Waals surface area (Å²) < 4.78 is 12.5. The minimum absolute atomic E-state index is 0.318. The molecule has 60 valence electrons. The topological polar surface area (TPSA) is 25.2 Å². The van der Waals surface area contributed by atoms with Crippen molar-refractivity contribution in [1.82, 2.24) is 4.98 Å². The van der Waals surface area contributed by atoms with Crippen molar-refractivity contribution in [2.24, 2.45) is 4.99 Å². The molecule has 0 saturated carbocycles. The van der Waals surface area contributed by atoms with E-state index in [9.17, 15) is 4.39 Å². The predicted molar refractivity (Wildman–Crippen MR) is 44.7 cm³/mol. The third-order valence-corrected chi connectivity index (χ3v) is 1.63. The lowest BCUT2D eigenvalue weighted by molar-refractivity contribution is 0.621. The second-order valence-electron chi connectivity index (χ2n) is 2.49. The maximum absolute atomic E-state index is 12.5. The highest BCUT2D eigenvalue weighted by molar-refractivity contribution is 6.08. The molecule has 1 aromatic rings. The number of nitrogens with zero attached hydrogens (tertiary/aromatic N) is 2. The molecule has 0 bridgehead atoms.